The van der Waals surface area contributed by atoms with Gasteiger partial charge < -0.3 is 20.9 Å². The molecule has 1 saturated heterocycles. The summed E-state index contributed by atoms with van der Waals surface area (Å²) < 4.78 is 0. The highest BCUT2D eigenvalue weighted by atomic mass is 35.5. The average Bonchev–Trinajstić information content (AvgIpc) is 3.39. The van der Waals surface area contributed by atoms with Crippen molar-refractivity contribution < 1.29 is 0 Å². The van der Waals surface area contributed by atoms with Crippen molar-refractivity contribution in [1.29, 1.82) is 0 Å². The number of rotatable bonds is 8. The number of nitrogens with zero attached hydrogens (tertiary/aromatic N) is 2. The predicted molar refractivity (Wildman–Crippen MR) is 137 cm³/mol. The van der Waals surface area contributed by atoms with Crippen LogP contribution < -0.4 is 16.0 Å². The van der Waals surface area contributed by atoms with Gasteiger partial charge in [0.05, 0.1) is 32.5 Å². The molecular weight excluding hydrogens is 441 g/mol. The summed E-state index contributed by atoms with van der Waals surface area (Å²) in [4.78, 5) is 10.6. The largest absolute Gasteiger partial charge is 0.367 e. The van der Waals surface area contributed by atoms with Crippen molar-refractivity contribution in [2.75, 3.05) is 16.8 Å². The molecule has 1 aromatic heterocycles. The fraction of sp³-hybridized carbons (Fsp3) is 0.480. The minimum absolute atomic E-state index is 0.456. The van der Waals surface area contributed by atoms with Gasteiger partial charge in [-0.05, 0) is 60.9 Å². The number of aromatic amines is 1. The van der Waals surface area contributed by atoms with Crippen LogP contribution >= 0.6 is 23.2 Å². The van der Waals surface area contributed by atoms with Crippen LogP contribution in [0, 0.1) is 11.8 Å². The van der Waals surface area contributed by atoms with E-state index < -0.39 is 0 Å². The zero-order valence-electron chi connectivity index (χ0n) is 19.1. The van der Waals surface area contributed by atoms with E-state index in [2.05, 4.69) is 42.0 Å². The first-order chi connectivity index (χ1) is 15.4. The van der Waals surface area contributed by atoms with E-state index in [1.54, 1.807) is 0 Å². The van der Waals surface area contributed by atoms with Gasteiger partial charge in [-0.1, -0.05) is 56.5 Å². The Morgan fingerprint density at radius 1 is 1.19 bits per heavy atom. The quantitative estimate of drug-likeness (QED) is 0.325. The maximum atomic E-state index is 6.76. The van der Waals surface area contributed by atoms with Crippen molar-refractivity contribution in [2.45, 2.75) is 59.0 Å². The van der Waals surface area contributed by atoms with Crippen molar-refractivity contribution in [2.24, 2.45) is 17.6 Å². The summed E-state index contributed by atoms with van der Waals surface area (Å²) in [6.45, 7) is 8.52. The van der Waals surface area contributed by atoms with Gasteiger partial charge in [0.1, 0.15) is 0 Å². The van der Waals surface area contributed by atoms with Crippen molar-refractivity contribution >= 4 is 51.6 Å². The van der Waals surface area contributed by atoms with E-state index in [0.717, 1.165) is 45.5 Å². The van der Waals surface area contributed by atoms with Gasteiger partial charge in [0.25, 0.3) is 0 Å². The second kappa shape index (κ2) is 9.90. The smallest absolute Gasteiger partial charge is 0.205 e. The summed E-state index contributed by atoms with van der Waals surface area (Å²) in [5.41, 5.74) is 10.4. The standard InChI is InChI=1S/C25H33Cl2N5/c1-4-15(2)16(3)10-18-6-5-9-32(18)24-13-23-22(12-20(24)27)30-25(31-23)29-21-11-17(14-28)7-8-19(21)26/h7-8,11-13,15-16,18H,4-6,9-10,14,28H2,1-3H3,(H2,29,30,31). The average molecular weight is 474 g/mol. The molecule has 2 heterocycles. The molecule has 1 aliphatic heterocycles. The molecule has 1 fully saturated rings. The second-order valence-electron chi connectivity index (χ2n) is 9.14. The Hall–Kier alpha value is -1.95. The minimum Gasteiger partial charge on any atom is -0.367 e. The number of hydrogen-bond acceptors (Lipinski definition) is 4. The molecule has 3 unspecified atom stereocenters. The first-order valence-corrected chi connectivity index (χ1v) is 12.4. The number of benzene rings is 2. The molecule has 1 aliphatic rings. The highest BCUT2D eigenvalue weighted by Crippen LogP contribution is 2.38. The predicted octanol–water partition coefficient (Wildman–Crippen LogP) is 7.11. The summed E-state index contributed by atoms with van der Waals surface area (Å²) in [5.74, 6) is 2.07. The van der Waals surface area contributed by atoms with Crippen LogP contribution in [-0.4, -0.2) is 22.6 Å². The zero-order valence-corrected chi connectivity index (χ0v) is 20.6. The van der Waals surface area contributed by atoms with Crippen molar-refractivity contribution in [3.63, 3.8) is 0 Å². The molecular formula is C25H33Cl2N5. The molecule has 7 heteroatoms. The Kier molecular flexibility index (Phi) is 7.18. The summed E-state index contributed by atoms with van der Waals surface area (Å²) in [7, 11) is 0. The third-order valence-electron chi connectivity index (χ3n) is 7.02. The Bertz CT molecular complexity index is 1080. The van der Waals surface area contributed by atoms with Crippen molar-refractivity contribution in [1.82, 2.24) is 9.97 Å². The van der Waals surface area contributed by atoms with Gasteiger partial charge in [0, 0.05) is 19.1 Å². The number of aromatic nitrogens is 2. The summed E-state index contributed by atoms with van der Waals surface area (Å²) in [6, 6.07) is 10.3. The molecule has 3 atom stereocenters. The normalized spacial score (nSPS) is 18.3. The van der Waals surface area contributed by atoms with Crippen LogP contribution in [-0.2, 0) is 6.54 Å². The van der Waals surface area contributed by atoms with Gasteiger partial charge in [-0.15, -0.1) is 0 Å². The van der Waals surface area contributed by atoms with Crippen LogP contribution in [0.15, 0.2) is 30.3 Å². The van der Waals surface area contributed by atoms with E-state index in [1.165, 1.54) is 25.7 Å². The van der Waals surface area contributed by atoms with Gasteiger partial charge in [0.15, 0.2) is 0 Å². The third kappa shape index (κ3) is 4.85. The molecule has 3 aromatic rings. The Morgan fingerprint density at radius 3 is 2.75 bits per heavy atom. The first-order valence-electron chi connectivity index (χ1n) is 11.6. The van der Waals surface area contributed by atoms with Crippen molar-refractivity contribution in [3.8, 4) is 0 Å². The van der Waals surface area contributed by atoms with Crippen LogP contribution in [0.1, 0.15) is 52.0 Å². The molecule has 2 aromatic carbocycles. The van der Waals surface area contributed by atoms with E-state index in [-0.39, 0.29) is 0 Å². The number of hydrogen-bond donors (Lipinski definition) is 3. The number of nitrogens with two attached hydrogens (primary N) is 1. The maximum Gasteiger partial charge on any atom is 0.205 e. The van der Waals surface area contributed by atoms with E-state index in [0.29, 0.717) is 29.5 Å². The molecule has 172 valence electrons. The number of halogens is 2. The van der Waals surface area contributed by atoms with Gasteiger partial charge in [-0.3, -0.25) is 0 Å². The van der Waals surface area contributed by atoms with Crippen LogP contribution in [0.2, 0.25) is 10.0 Å². The molecule has 0 bridgehead atoms. The monoisotopic (exact) mass is 473 g/mol. The lowest BCUT2D eigenvalue weighted by atomic mass is 9.87. The van der Waals surface area contributed by atoms with E-state index in [4.69, 9.17) is 33.9 Å². The lowest BCUT2D eigenvalue weighted by Crippen LogP contribution is -2.32. The van der Waals surface area contributed by atoms with Crippen LogP contribution in [0.4, 0.5) is 17.3 Å². The molecule has 4 rings (SSSR count). The number of H-pyrrole nitrogens is 1. The van der Waals surface area contributed by atoms with E-state index in [9.17, 15) is 0 Å². The zero-order chi connectivity index (χ0) is 22.8. The number of imidazole rings is 1. The summed E-state index contributed by atoms with van der Waals surface area (Å²) in [5, 5.41) is 4.67. The third-order valence-corrected chi connectivity index (χ3v) is 7.65. The molecule has 32 heavy (non-hydrogen) atoms. The molecule has 0 amide bonds. The SMILES string of the molecule is CCC(C)C(C)CC1CCCN1c1cc2nc(Nc3cc(CN)ccc3Cl)[nH]c2cc1Cl. The second-order valence-corrected chi connectivity index (χ2v) is 9.95. The van der Waals surface area contributed by atoms with Gasteiger partial charge in [0.2, 0.25) is 5.95 Å². The highest BCUT2D eigenvalue weighted by molar-refractivity contribution is 6.34. The Morgan fingerprint density at radius 2 is 2.00 bits per heavy atom. The molecule has 0 spiro atoms. The van der Waals surface area contributed by atoms with Crippen LogP contribution in [0.3, 0.4) is 0 Å². The lowest BCUT2D eigenvalue weighted by Gasteiger charge is -2.31. The molecule has 5 nitrogen and oxygen atoms in total. The molecule has 0 saturated carbocycles. The van der Waals surface area contributed by atoms with Gasteiger partial charge >= 0.3 is 0 Å². The van der Waals surface area contributed by atoms with E-state index in [1.807, 2.05) is 24.3 Å². The van der Waals surface area contributed by atoms with E-state index >= 15 is 0 Å². The number of nitrogens with one attached hydrogen (secondary N) is 2. The highest BCUT2D eigenvalue weighted by Gasteiger charge is 2.29. The van der Waals surface area contributed by atoms with Crippen LogP contribution in [0.25, 0.3) is 11.0 Å². The van der Waals surface area contributed by atoms with Gasteiger partial charge in [-0.25, -0.2) is 4.98 Å². The Balaban J connectivity index is 1.59. The number of anilines is 3. The fourth-order valence-corrected chi connectivity index (χ4v) is 5.12. The molecule has 4 N–H and O–H groups in total. The Labute approximate surface area is 200 Å². The van der Waals surface area contributed by atoms with Crippen LogP contribution in [0.5, 0.6) is 0 Å². The minimum atomic E-state index is 0.456. The first kappa shape index (κ1) is 23.2. The number of fused-ring (bicyclic) bond motifs is 1. The van der Waals surface area contributed by atoms with Gasteiger partial charge in [-0.2, -0.15) is 0 Å². The summed E-state index contributed by atoms with van der Waals surface area (Å²) >= 11 is 13.1. The molecule has 0 radical (unpaired) electrons. The lowest BCUT2D eigenvalue weighted by molar-refractivity contribution is 0.330. The summed E-state index contributed by atoms with van der Waals surface area (Å²) in [6.07, 6.45) is 4.85. The molecule has 0 aliphatic carbocycles. The fourth-order valence-electron chi connectivity index (χ4n) is 4.68. The van der Waals surface area contributed by atoms with Crippen molar-refractivity contribution in [3.05, 3.63) is 45.9 Å². The topological polar surface area (TPSA) is 70.0 Å². The maximum absolute atomic E-state index is 6.76.